The van der Waals surface area contributed by atoms with E-state index in [4.69, 9.17) is 24.9 Å². The van der Waals surface area contributed by atoms with E-state index in [0.29, 0.717) is 23.4 Å². The summed E-state index contributed by atoms with van der Waals surface area (Å²) in [7, 11) is -5.90. The normalized spacial score (nSPS) is 11.8. The minimum Gasteiger partial charge on any atom is -0.294 e. The first-order valence-corrected chi connectivity index (χ1v) is 35.9. The summed E-state index contributed by atoms with van der Waals surface area (Å²) in [5.41, 5.74) is 8.38. The highest BCUT2D eigenvalue weighted by Gasteiger charge is 2.43. The van der Waals surface area contributed by atoms with Crippen LogP contribution >= 0.6 is 0 Å². The number of rotatable bonds is 14. The van der Waals surface area contributed by atoms with Crippen LogP contribution in [0.5, 0.6) is 0 Å². The molecule has 0 saturated heterocycles. The molecule has 0 aliphatic heterocycles. The molecule has 9 heteroatoms. The third-order valence-corrected chi connectivity index (χ3v) is 28.2. The summed E-state index contributed by atoms with van der Waals surface area (Å²) in [5.74, 6) is 2.90. The van der Waals surface area contributed by atoms with Gasteiger partial charge >= 0.3 is 0 Å². The highest BCUT2D eigenvalue weighted by molar-refractivity contribution is 7.20. The maximum absolute atomic E-state index is 5.66. The molecular formula is C85H59N7Si2. The van der Waals surface area contributed by atoms with Crippen LogP contribution in [0.3, 0.4) is 0 Å². The van der Waals surface area contributed by atoms with E-state index in [0.717, 1.165) is 77.4 Å². The van der Waals surface area contributed by atoms with E-state index in [-0.39, 0.29) is 0 Å². The van der Waals surface area contributed by atoms with Gasteiger partial charge in [0.25, 0.3) is 0 Å². The second-order valence-electron chi connectivity index (χ2n) is 23.9. The smallest absolute Gasteiger partial charge is 0.238 e. The Bertz CT molecular complexity index is 4980. The molecule has 0 fully saturated rings. The summed E-state index contributed by atoms with van der Waals surface area (Å²) >= 11 is 0. The molecule has 442 valence electrons. The Labute approximate surface area is 547 Å². The Balaban J connectivity index is 0.882. The molecule has 4 aromatic heterocycles. The lowest BCUT2D eigenvalue weighted by Gasteiger charge is -2.34. The third kappa shape index (κ3) is 9.43. The number of para-hydroxylation sites is 4. The van der Waals surface area contributed by atoms with Crippen LogP contribution in [0.4, 0.5) is 0 Å². The summed E-state index contributed by atoms with van der Waals surface area (Å²) < 4.78 is 4.48. The summed E-state index contributed by atoms with van der Waals surface area (Å²) in [4.78, 5) is 27.9. The number of fused-ring (bicyclic) bond motifs is 6. The van der Waals surface area contributed by atoms with Gasteiger partial charge in [0.05, 0.1) is 27.8 Å². The van der Waals surface area contributed by atoms with Gasteiger partial charge in [0.1, 0.15) is 5.82 Å². The molecule has 17 aromatic rings. The van der Waals surface area contributed by atoms with Gasteiger partial charge in [0.15, 0.2) is 33.6 Å². The topological polar surface area (TPSA) is 74.3 Å². The van der Waals surface area contributed by atoms with E-state index in [9.17, 15) is 0 Å². The van der Waals surface area contributed by atoms with Gasteiger partial charge in [0, 0.05) is 49.9 Å². The van der Waals surface area contributed by atoms with Gasteiger partial charge in [0.2, 0.25) is 5.95 Å². The van der Waals surface area contributed by atoms with Gasteiger partial charge in [-0.1, -0.05) is 322 Å². The first-order chi connectivity index (χ1) is 46.6. The summed E-state index contributed by atoms with van der Waals surface area (Å²) in [5, 5.41) is 14.7. The van der Waals surface area contributed by atoms with Crippen LogP contribution in [0.1, 0.15) is 0 Å². The van der Waals surface area contributed by atoms with Crippen LogP contribution in [0, 0.1) is 0 Å². The van der Waals surface area contributed by atoms with E-state index in [2.05, 4.69) is 367 Å². The lowest BCUT2D eigenvalue weighted by Crippen LogP contribution is -2.74. The number of aromatic nitrogens is 7. The molecule has 4 heterocycles. The second kappa shape index (κ2) is 23.7. The Kier molecular flexibility index (Phi) is 14.1. The average Bonchev–Trinajstić information content (AvgIpc) is 1.02. The Hall–Kier alpha value is -12.0. The van der Waals surface area contributed by atoms with Gasteiger partial charge in [-0.3, -0.25) is 9.13 Å². The van der Waals surface area contributed by atoms with Crippen LogP contribution in [0.25, 0.3) is 101 Å². The van der Waals surface area contributed by atoms with Crippen molar-refractivity contribution in [3.05, 3.63) is 358 Å². The van der Waals surface area contributed by atoms with Gasteiger partial charge in [-0.05, 0) is 71.8 Å². The second-order valence-corrected chi connectivity index (χ2v) is 31.5. The summed E-state index contributed by atoms with van der Waals surface area (Å²) in [6.07, 6.45) is 0. The number of hydrogen-bond donors (Lipinski definition) is 0. The molecule has 0 N–H and O–H groups in total. The predicted octanol–water partition coefficient (Wildman–Crippen LogP) is 14.3. The van der Waals surface area contributed by atoms with E-state index < -0.39 is 16.1 Å². The quantitative estimate of drug-likeness (QED) is 0.0801. The Morgan fingerprint density at radius 1 is 0.202 bits per heavy atom. The monoisotopic (exact) mass is 1230 g/mol. The largest absolute Gasteiger partial charge is 0.294 e. The molecule has 13 aromatic carbocycles. The number of benzene rings is 13. The average molecular weight is 1230 g/mol. The zero-order valence-corrected chi connectivity index (χ0v) is 53.2. The van der Waals surface area contributed by atoms with Gasteiger partial charge < -0.3 is 0 Å². The van der Waals surface area contributed by atoms with Crippen molar-refractivity contribution >= 4 is 101 Å². The van der Waals surface area contributed by atoms with Crippen molar-refractivity contribution in [3.8, 4) is 57.2 Å². The van der Waals surface area contributed by atoms with E-state index in [1.54, 1.807) is 0 Å². The van der Waals surface area contributed by atoms with Crippen LogP contribution in [-0.2, 0) is 0 Å². The molecule has 0 amide bonds. The molecule has 0 aliphatic carbocycles. The molecule has 0 radical (unpaired) electrons. The molecule has 17 rings (SSSR count). The molecule has 7 nitrogen and oxygen atoms in total. The molecule has 0 bridgehead atoms. The lowest BCUT2D eigenvalue weighted by atomic mass is 10.1. The molecule has 0 atom stereocenters. The first-order valence-electron chi connectivity index (χ1n) is 31.9. The minimum absolute atomic E-state index is 0.513. The first kappa shape index (κ1) is 56.0. The molecule has 0 unspecified atom stereocenters. The van der Waals surface area contributed by atoms with E-state index >= 15 is 0 Å². The van der Waals surface area contributed by atoms with Crippen molar-refractivity contribution in [1.82, 2.24) is 34.1 Å². The van der Waals surface area contributed by atoms with Crippen LogP contribution in [-0.4, -0.2) is 50.2 Å². The minimum atomic E-state index is -2.96. The summed E-state index contributed by atoms with van der Waals surface area (Å²) in [6.45, 7) is 0. The lowest BCUT2D eigenvalue weighted by molar-refractivity contribution is 0.953. The third-order valence-electron chi connectivity index (χ3n) is 18.7. The maximum Gasteiger partial charge on any atom is 0.238 e. The van der Waals surface area contributed by atoms with E-state index in [1.165, 1.54) is 41.5 Å². The fourth-order valence-electron chi connectivity index (χ4n) is 14.6. The molecule has 0 aliphatic rings. The molecule has 0 spiro atoms. The number of hydrogen-bond acceptors (Lipinski definition) is 5. The molecule has 94 heavy (non-hydrogen) atoms. The molecular weight excluding hydrogens is 1180 g/mol. The predicted molar refractivity (Wildman–Crippen MR) is 393 cm³/mol. The van der Waals surface area contributed by atoms with Crippen LogP contribution < -0.4 is 41.5 Å². The maximum atomic E-state index is 5.66. The zero-order valence-electron chi connectivity index (χ0n) is 51.2. The SMILES string of the molecule is c1ccc([Si](c2ccccc2)(c2ccccc2)c2cccc(-c3cc(-n4c5ccccc5c5ccccc54)nc(-c4cccc(-c5nc(-c6cccc([Si](c7ccccc7)(c7ccccc7)c7ccccc7)c6)nc(-n6c7ccccc7c7ccccc76)n5)c4)n3)c2)cc1. The van der Waals surface area contributed by atoms with Crippen LogP contribution in [0.2, 0.25) is 0 Å². The highest BCUT2D eigenvalue weighted by Crippen LogP contribution is 2.36. The van der Waals surface area contributed by atoms with Crippen molar-refractivity contribution in [2.75, 3.05) is 0 Å². The fourth-order valence-corrected chi connectivity index (χ4v) is 24.2. The number of nitrogens with zero attached hydrogens (tertiary/aromatic N) is 7. The van der Waals surface area contributed by atoms with Gasteiger partial charge in [-0.25, -0.2) is 15.0 Å². The molecule has 0 saturated carbocycles. The van der Waals surface area contributed by atoms with Gasteiger partial charge in [-0.2, -0.15) is 9.97 Å². The van der Waals surface area contributed by atoms with Crippen molar-refractivity contribution in [1.29, 1.82) is 0 Å². The fraction of sp³-hybridized carbons (Fsp3) is 0. The van der Waals surface area contributed by atoms with Crippen LogP contribution in [0.15, 0.2) is 358 Å². The van der Waals surface area contributed by atoms with Crippen molar-refractivity contribution in [2.45, 2.75) is 0 Å². The standard InChI is InChI=1S/C85H59N7Si2/c1-7-34-64(35-8-1)93(65-36-9-2-10-37-65,66-38-11-3-12-39-66)70-46-28-30-60(57-70)76-59-81(91-77-52-23-19-48-72(77)73-49-20-24-53-78(73)91)87-82(86-76)61-31-27-32-62(56-61)83-88-84(90-85(89-83)92-79-54-25-21-50-74(79)75-51-22-26-55-80(75)92)63-33-29-47-71(58-63)94(67-40-13-4-14-41-67,68-42-15-5-16-43-68)69-44-17-6-18-45-69/h1-59H. The van der Waals surface area contributed by atoms with Crippen molar-refractivity contribution in [3.63, 3.8) is 0 Å². The van der Waals surface area contributed by atoms with Gasteiger partial charge in [-0.15, -0.1) is 0 Å². The summed E-state index contributed by atoms with van der Waals surface area (Å²) in [6, 6.07) is 129. The van der Waals surface area contributed by atoms with E-state index in [1.807, 2.05) is 0 Å². The van der Waals surface area contributed by atoms with Crippen molar-refractivity contribution < 1.29 is 0 Å². The van der Waals surface area contributed by atoms with Crippen molar-refractivity contribution in [2.24, 2.45) is 0 Å². The highest BCUT2D eigenvalue weighted by atomic mass is 28.3. The Morgan fingerprint density at radius 2 is 0.489 bits per heavy atom. The zero-order chi connectivity index (χ0) is 62.4. The Morgan fingerprint density at radius 3 is 0.872 bits per heavy atom.